The first-order valence-corrected chi connectivity index (χ1v) is 14.3. The maximum atomic E-state index is 13.6. The minimum atomic E-state index is -3.77. The fourth-order valence-electron chi connectivity index (χ4n) is 3.62. The first-order chi connectivity index (χ1) is 16.3. The van der Waals surface area contributed by atoms with Crippen molar-refractivity contribution in [3.8, 4) is 0 Å². The number of carbonyl (C=O) groups excluding carboxylic acids is 2. The van der Waals surface area contributed by atoms with E-state index in [1.54, 1.807) is 19.1 Å². The minimum Gasteiger partial charge on any atom is -0.354 e. The smallest absolute Gasteiger partial charge is 0.244 e. The van der Waals surface area contributed by atoms with Crippen molar-refractivity contribution in [3.05, 3.63) is 64.1 Å². The van der Waals surface area contributed by atoms with Crippen molar-refractivity contribution in [1.82, 2.24) is 10.2 Å². The molecule has 0 bridgehead atoms. The number of sulfonamides is 1. The second-order valence-corrected chi connectivity index (χ2v) is 12.3. The van der Waals surface area contributed by atoms with Crippen LogP contribution < -0.4 is 9.62 Å². The van der Waals surface area contributed by atoms with Crippen LogP contribution in [0, 0.1) is 5.92 Å². The molecule has 9 heteroatoms. The Labute approximate surface area is 218 Å². The van der Waals surface area contributed by atoms with Gasteiger partial charge in [-0.2, -0.15) is 0 Å². The zero-order valence-electron chi connectivity index (χ0n) is 21.3. The highest BCUT2D eigenvalue weighted by Gasteiger charge is 2.31. The number of benzene rings is 2. The molecular formula is C26H36BrN3O4S. The molecule has 2 amide bonds. The van der Waals surface area contributed by atoms with Crippen LogP contribution in [0.5, 0.6) is 0 Å². The van der Waals surface area contributed by atoms with E-state index in [4.69, 9.17) is 0 Å². The molecule has 0 fully saturated rings. The highest BCUT2D eigenvalue weighted by Crippen LogP contribution is 2.29. The van der Waals surface area contributed by atoms with Gasteiger partial charge >= 0.3 is 0 Å². The van der Waals surface area contributed by atoms with Gasteiger partial charge < -0.3 is 10.2 Å². The molecule has 1 N–H and O–H groups in total. The van der Waals surface area contributed by atoms with Crippen molar-refractivity contribution in [3.63, 3.8) is 0 Å². The van der Waals surface area contributed by atoms with Crippen LogP contribution in [0.2, 0.25) is 0 Å². The lowest BCUT2D eigenvalue weighted by Gasteiger charge is -2.32. The van der Waals surface area contributed by atoms with Crippen molar-refractivity contribution in [2.45, 2.75) is 53.1 Å². The summed E-state index contributed by atoms with van der Waals surface area (Å²) in [6, 6.07) is 13.9. The quantitative estimate of drug-likeness (QED) is 0.433. The highest BCUT2D eigenvalue weighted by molar-refractivity contribution is 9.10. The standard InChI is InChI=1S/C26H36BrN3O4S/c1-18(2)15-28-26(32)20(5)29(16-21-11-13-22(27)14-12-21)25(31)17-30(35(6,33)34)24-10-8-7-9-23(24)19(3)4/h7-14,18-20H,15-17H2,1-6H3,(H,28,32). The Kier molecular flexibility index (Phi) is 10.3. The molecule has 7 nitrogen and oxygen atoms in total. The van der Waals surface area contributed by atoms with Gasteiger partial charge in [0.05, 0.1) is 11.9 Å². The topological polar surface area (TPSA) is 86.8 Å². The van der Waals surface area contributed by atoms with Crippen molar-refractivity contribution in [1.29, 1.82) is 0 Å². The van der Waals surface area contributed by atoms with E-state index in [0.717, 1.165) is 26.2 Å². The third kappa shape index (κ3) is 8.35. The molecule has 192 valence electrons. The normalized spacial score (nSPS) is 12.5. The molecule has 2 aromatic carbocycles. The van der Waals surface area contributed by atoms with E-state index in [0.29, 0.717) is 12.2 Å². The predicted molar refractivity (Wildman–Crippen MR) is 145 cm³/mol. The zero-order chi connectivity index (χ0) is 26.3. The molecule has 2 rings (SSSR count). The molecule has 0 aliphatic rings. The maximum Gasteiger partial charge on any atom is 0.244 e. The molecule has 0 aromatic heterocycles. The maximum absolute atomic E-state index is 13.6. The van der Waals surface area contributed by atoms with Crippen LogP contribution in [0.1, 0.15) is 51.7 Å². The first-order valence-electron chi connectivity index (χ1n) is 11.7. The Morgan fingerprint density at radius 3 is 2.11 bits per heavy atom. The number of para-hydroxylation sites is 1. The Bertz CT molecular complexity index is 1120. The molecule has 0 radical (unpaired) electrons. The Hall–Kier alpha value is -2.39. The summed E-state index contributed by atoms with van der Waals surface area (Å²) in [6.07, 6.45) is 1.09. The SMILES string of the molecule is CC(C)CNC(=O)C(C)N(Cc1ccc(Br)cc1)C(=O)CN(c1ccccc1C(C)C)S(C)(=O)=O. The molecule has 0 saturated carbocycles. The fraction of sp³-hybridized carbons (Fsp3) is 0.462. The molecule has 2 aromatic rings. The van der Waals surface area contributed by atoms with Gasteiger partial charge in [0, 0.05) is 17.6 Å². The summed E-state index contributed by atoms with van der Waals surface area (Å²) in [7, 11) is -3.77. The van der Waals surface area contributed by atoms with Gasteiger partial charge in [0.1, 0.15) is 12.6 Å². The van der Waals surface area contributed by atoms with Crippen molar-refractivity contribution in [2.75, 3.05) is 23.7 Å². The monoisotopic (exact) mass is 565 g/mol. The van der Waals surface area contributed by atoms with Gasteiger partial charge in [-0.25, -0.2) is 8.42 Å². The Balaban J connectivity index is 2.42. The van der Waals surface area contributed by atoms with Crippen molar-refractivity contribution in [2.24, 2.45) is 5.92 Å². The molecule has 35 heavy (non-hydrogen) atoms. The minimum absolute atomic E-state index is 0.0603. The number of hydrogen-bond acceptors (Lipinski definition) is 4. The molecule has 0 aliphatic carbocycles. The summed E-state index contributed by atoms with van der Waals surface area (Å²) in [4.78, 5) is 28.0. The van der Waals surface area contributed by atoms with Gasteiger partial charge in [0.2, 0.25) is 21.8 Å². The number of anilines is 1. The number of hydrogen-bond donors (Lipinski definition) is 1. The van der Waals surface area contributed by atoms with Crippen LogP contribution >= 0.6 is 15.9 Å². The summed E-state index contributed by atoms with van der Waals surface area (Å²) in [5, 5.41) is 2.88. The van der Waals surface area contributed by atoms with Crippen molar-refractivity contribution >= 4 is 43.5 Å². The first kappa shape index (κ1) is 28.8. The average Bonchev–Trinajstić information content (AvgIpc) is 2.79. The van der Waals surface area contributed by atoms with Crippen molar-refractivity contribution < 1.29 is 18.0 Å². The highest BCUT2D eigenvalue weighted by atomic mass is 79.9. The van der Waals surface area contributed by atoms with E-state index in [1.165, 1.54) is 4.90 Å². The van der Waals surface area contributed by atoms with E-state index in [9.17, 15) is 18.0 Å². The van der Waals surface area contributed by atoms with Crippen LogP contribution in [0.25, 0.3) is 0 Å². The Morgan fingerprint density at radius 2 is 1.57 bits per heavy atom. The summed E-state index contributed by atoms with van der Waals surface area (Å²) >= 11 is 3.41. The van der Waals surface area contributed by atoms with E-state index in [2.05, 4.69) is 21.2 Å². The number of amides is 2. The van der Waals surface area contributed by atoms with Crippen LogP contribution in [0.15, 0.2) is 53.0 Å². The number of halogens is 1. The van der Waals surface area contributed by atoms with E-state index in [1.807, 2.05) is 64.1 Å². The van der Waals surface area contributed by atoms with Crippen LogP contribution in [-0.2, 0) is 26.2 Å². The van der Waals surface area contributed by atoms with Gasteiger partial charge in [-0.3, -0.25) is 13.9 Å². The third-order valence-corrected chi connectivity index (χ3v) is 7.28. The second kappa shape index (κ2) is 12.5. The van der Waals surface area contributed by atoms with E-state index < -0.39 is 28.5 Å². The number of carbonyl (C=O) groups is 2. The summed E-state index contributed by atoms with van der Waals surface area (Å²) in [5.41, 5.74) is 2.13. The van der Waals surface area contributed by atoms with E-state index >= 15 is 0 Å². The van der Waals surface area contributed by atoms with Gasteiger partial charge in [0.15, 0.2) is 0 Å². The summed E-state index contributed by atoms with van der Waals surface area (Å²) < 4.78 is 27.7. The third-order valence-electron chi connectivity index (χ3n) is 5.62. The predicted octanol–water partition coefficient (Wildman–Crippen LogP) is 4.53. The number of nitrogens with one attached hydrogen (secondary N) is 1. The lowest BCUT2D eigenvalue weighted by molar-refractivity contribution is -0.139. The summed E-state index contributed by atoms with van der Waals surface area (Å²) in [6.45, 7) is 9.86. The van der Waals surface area contributed by atoms with E-state index in [-0.39, 0.29) is 24.3 Å². The molecule has 0 heterocycles. The molecule has 0 spiro atoms. The fourth-order valence-corrected chi connectivity index (χ4v) is 4.75. The molecule has 1 unspecified atom stereocenters. The zero-order valence-corrected chi connectivity index (χ0v) is 23.7. The molecular weight excluding hydrogens is 530 g/mol. The van der Waals surface area contributed by atoms with Crippen LogP contribution in [0.4, 0.5) is 5.69 Å². The summed E-state index contributed by atoms with van der Waals surface area (Å²) in [5.74, 6) is -0.415. The molecule has 0 saturated heterocycles. The lowest BCUT2D eigenvalue weighted by atomic mass is 10.0. The van der Waals surface area contributed by atoms with Gasteiger partial charge in [-0.1, -0.05) is 74.0 Å². The van der Waals surface area contributed by atoms with Gasteiger partial charge in [0.25, 0.3) is 0 Å². The number of rotatable bonds is 11. The number of nitrogens with zero attached hydrogens (tertiary/aromatic N) is 2. The second-order valence-electron chi connectivity index (χ2n) is 9.45. The van der Waals surface area contributed by atoms with Crippen LogP contribution in [0.3, 0.4) is 0 Å². The Morgan fingerprint density at radius 1 is 0.971 bits per heavy atom. The largest absolute Gasteiger partial charge is 0.354 e. The lowest BCUT2D eigenvalue weighted by Crippen LogP contribution is -2.51. The van der Waals surface area contributed by atoms with Gasteiger partial charge in [-0.05, 0) is 48.1 Å². The van der Waals surface area contributed by atoms with Gasteiger partial charge in [-0.15, -0.1) is 0 Å². The average molecular weight is 567 g/mol. The van der Waals surface area contributed by atoms with Crippen LogP contribution in [-0.4, -0.2) is 50.5 Å². The molecule has 0 aliphatic heterocycles. The molecule has 1 atom stereocenters.